The molecule has 2 aromatic carbocycles. The van der Waals surface area contributed by atoms with Gasteiger partial charge in [0.05, 0.1) is 16.1 Å². The Kier molecular flexibility index (Phi) is 4.51. The number of anilines is 1. The fourth-order valence-corrected chi connectivity index (χ4v) is 3.20. The molecule has 6 nitrogen and oxygen atoms in total. The summed E-state index contributed by atoms with van der Waals surface area (Å²) < 4.78 is 27.1. The normalized spacial score (nSPS) is 11.0. The zero-order chi connectivity index (χ0) is 17.2. The maximum absolute atomic E-state index is 12.4. The Balaban J connectivity index is 2.43. The molecular formula is C16H15NO5S. The van der Waals surface area contributed by atoms with Crippen molar-refractivity contribution in [2.24, 2.45) is 0 Å². The van der Waals surface area contributed by atoms with E-state index >= 15 is 0 Å². The molecule has 0 aliphatic carbocycles. The molecule has 0 spiro atoms. The highest BCUT2D eigenvalue weighted by Crippen LogP contribution is 2.24. The van der Waals surface area contributed by atoms with Crippen molar-refractivity contribution in [1.82, 2.24) is 0 Å². The minimum atomic E-state index is -3.96. The number of Topliss-reactive ketones (excluding diaryl/α,β-unsaturated/α-hetero) is 1. The van der Waals surface area contributed by atoms with Gasteiger partial charge in [0.2, 0.25) is 0 Å². The molecular weight excluding hydrogens is 318 g/mol. The number of carboxylic acid groups (broad SMARTS) is 1. The predicted molar refractivity (Wildman–Crippen MR) is 85.4 cm³/mol. The first-order chi connectivity index (χ1) is 10.7. The summed E-state index contributed by atoms with van der Waals surface area (Å²) in [6.45, 7) is 3.00. The van der Waals surface area contributed by atoms with E-state index in [0.717, 1.165) is 0 Å². The number of ketones is 1. The number of carbonyl (C=O) groups excluding carboxylic acids is 1. The van der Waals surface area contributed by atoms with Crippen molar-refractivity contribution in [2.45, 2.75) is 18.7 Å². The Hall–Kier alpha value is -2.67. The first kappa shape index (κ1) is 16.7. The quantitative estimate of drug-likeness (QED) is 0.819. The highest BCUT2D eigenvalue weighted by molar-refractivity contribution is 7.92. The van der Waals surface area contributed by atoms with Gasteiger partial charge in [-0.15, -0.1) is 0 Å². The van der Waals surface area contributed by atoms with E-state index in [1.807, 2.05) is 0 Å². The third-order valence-corrected chi connectivity index (χ3v) is 4.68. The van der Waals surface area contributed by atoms with E-state index in [1.54, 1.807) is 13.0 Å². The van der Waals surface area contributed by atoms with Gasteiger partial charge in [0.25, 0.3) is 10.0 Å². The first-order valence-corrected chi connectivity index (χ1v) is 8.17. The lowest BCUT2D eigenvalue weighted by molar-refractivity contribution is 0.0697. The second-order valence-electron chi connectivity index (χ2n) is 4.99. The van der Waals surface area contributed by atoms with Crippen molar-refractivity contribution in [2.75, 3.05) is 4.72 Å². The second-order valence-corrected chi connectivity index (χ2v) is 6.67. The molecule has 2 aromatic rings. The second kappa shape index (κ2) is 6.21. The summed E-state index contributed by atoms with van der Waals surface area (Å²) in [6.07, 6.45) is 0. The van der Waals surface area contributed by atoms with Crippen molar-refractivity contribution >= 4 is 27.5 Å². The van der Waals surface area contributed by atoms with Crippen LogP contribution in [0.3, 0.4) is 0 Å². The largest absolute Gasteiger partial charge is 0.478 e. The van der Waals surface area contributed by atoms with E-state index in [2.05, 4.69) is 4.72 Å². The zero-order valence-electron chi connectivity index (χ0n) is 12.5. The van der Waals surface area contributed by atoms with Crippen LogP contribution in [0.4, 0.5) is 5.69 Å². The lowest BCUT2D eigenvalue weighted by Crippen LogP contribution is -2.16. The first-order valence-electron chi connectivity index (χ1n) is 6.69. The predicted octanol–water partition coefficient (Wildman–Crippen LogP) is 2.70. The van der Waals surface area contributed by atoms with Gasteiger partial charge in [0, 0.05) is 5.56 Å². The number of para-hydroxylation sites is 1. The fourth-order valence-electron chi connectivity index (χ4n) is 2.04. The van der Waals surface area contributed by atoms with Crippen molar-refractivity contribution in [1.29, 1.82) is 0 Å². The van der Waals surface area contributed by atoms with Crippen LogP contribution < -0.4 is 4.72 Å². The lowest BCUT2D eigenvalue weighted by Gasteiger charge is -2.13. The monoisotopic (exact) mass is 333 g/mol. The van der Waals surface area contributed by atoms with E-state index in [-0.39, 0.29) is 21.9 Å². The van der Waals surface area contributed by atoms with E-state index in [9.17, 15) is 23.1 Å². The molecule has 0 aromatic heterocycles. The SMILES string of the molecule is CC(=O)c1ccc(S(=O)(=O)Nc2c(C)cccc2C(=O)O)cc1. The van der Waals surface area contributed by atoms with Gasteiger partial charge >= 0.3 is 5.97 Å². The highest BCUT2D eigenvalue weighted by atomic mass is 32.2. The molecule has 0 saturated carbocycles. The molecule has 0 fully saturated rings. The van der Waals surface area contributed by atoms with Gasteiger partial charge in [-0.3, -0.25) is 9.52 Å². The third kappa shape index (κ3) is 3.57. The van der Waals surface area contributed by atoms with E-state index in [1.165, 1.54) is 43.3 Å². The third-order valence-electron chi connectivity index (χ3n) is 3.31. The summed E-state index contributed by atoms with van der Waals surface area (Å²) >= 11 is 0. The molecule has 0 radical (unpaired) electrons. The summed E-state index contributed by atoms with van der Waals surface area (Å²) in [5, 5.41) is 9.18. The van der Waals surface area contributed by atoms with Gasteiger partial charge < -0.3 is 5.11 Å². The topological polar surface area (TPSA) is 101 Å². The smallest absolute Gasteiger partial charge is 0.337 e. The number of benzene rings is 2. The van der Waals surface area contributed by atoms with Crippen LogP contribution in [0.2, 0.25) is 0 Å². The summed E-state index contributed by atoms with van der Waals surface area (Å²) in [6, 6.07) is 9.91. The number of aromatic carboxylic acids is 1. The number of carboxylic acids is 1. The Bertz CT molecular complexity index is 870. The summed E-state index contributed by atoms with van der Waals surface area (Å²) in [4.78, 5) is 22.4. The van der Waals surface area contributed by atoms with Crippen LogP contribution in [-0.2, 0) is 10.0 Å². The minimum Gasteiger partial charge on any atom is -0.478 e. The molecule has 120 valence electrons. The number of rotatable bonds is 5. The Morgan fingerprint density at radius 3 is 2.17 bits per heavy atom. The number of hydrogen-bond donors (Lipinski definition) is 2. The molecule has 23 heavy (non-hydrogen) atoms. The summed E-state index contributed by atoms with van der Waals surface area (Å²) in [5.74, 6) is -1.40. The zero-order valence-corrected chi connectivity index (χ0v) is 13.3. The molecule has 0 aliphatic rings. The van der Waals surface area contributed by atoms with Crippen LogP contribution in [-0.4, -0.2) is 25.3 Å². The average molecular weight is 333 g/mol. The molecule has 0 heterocycles. The van der Waals surface area contributed by atoms with Gasteiger partial charge in [-0.1, -0.05) is 24.3 Å². The van der Waals surface area contributed by atoms with E-state index in [0.29, 0.717) is 11.1 Å². The Labute approximate surface area is 133 Å². The highest BCUT2D eigenvalue weighted by Gasteiger charge is 2.20. The number of carbonyl (C=O) groups is 2. The molecule has 0 saturated heterocycles. The van der Waals surface area contributed by atoms with Crippen LogP contribution >= 0.6 is 0 Å². The van der Waals surface area contributed by atoms with Crippen molar-refractivity contribution in [3.63, 3.8) is 0 Å². The van der Waals surface area contributed by atoms with Gasteiger partial charge in [-0.25, -0.2) is 13.2 Å². The Morgan fingerprint density at radius 1 is 1.04 bits per heavy atom. The summed E-state index contributed by atoms with van der Waals surface area (Å²) in [7, 11) is -3.96. The van der Waals surface area contributed by atoms with Gasteiger partial charge in [0.15, 0.2) is 5.78 Å². The van der Waals surface area contributed by atoms with Gasteiger partial charge in [0.1, 0.15) is 0 Å². The molecule has 0 aliphatic heterocycles. The molecule has 0 amide bonds. The number of hydrogen-bond acceptors (Lipinski definition) is 4. The van der Waals surface area contributed by atoms with Crippen LogP contribution in [0.5, 0.6) is 0 Å². The van der Waals surface area contributed by atoms with Crippen LogP contribution in [0.15, 0.2) is 47.4 Å². The van der Waals surface area contributed by atoms with Crippen LogP contribution in [0, 0.1) is 6.92 Å². The molecule has 0 unspecified atom stereocenters. The molecule has 7 heteroatoms. The molecule has 0 bridgehead atoms. The molecule has 2 N–H and O–H groups in total. The Morgan fingerprint density at radius 2 is 1.65 bits per heavy atom. The number of nitrogens with one attached hydrogen (secondary N) is 1. The maximum atomic E-state index is 12.4. The van der Waals surface area contributed by atoms with Gasteiger partial charge in [-0.2, -0.15) is 0 Å². The number of aryl methyl sites for hydroxylation is 1. The van der Waals surface area contributed by atoms with Crippen molar-refractivity contribution in [3.05, 3.63) is 59.2 Å². The summed E-state index contributed by atoms with van der Waals surface area (Å²) in [5.41, 5.74) is 0.782. The van der Waals surface area contributed by atoms with Crippen molar-refractivity contribution < 1.29 is 23.1 Å². The van der Waals surface area contributed by atoms with Crippen LogP contribution in [0.1, 0.15) is 33.2 Å². The standard InChI is InChI=1S/C16H15NO5S/c1-10-4-3-5-14(16(19)20)15(10)17-23(21,22)13-8-6-12(7-9-13)11(2)18/h3-9,17H,1-2H3,(H,19,20). The molecule has 0 atom stereocenters. The van der Waals surface area contributed by atoms with Gasteiger partial charge in [-0.05, 0) is 37.6 Å². The van der Waals surface area contributed by atoms with E-state index < -0.39 is 16.0 Å². The fraction of sp³-hybridized carbons (Fsp3) is 0.125. The molecule has 2 rings (SSSR count). The van der Waals surface area contributed by atoms with E-state index in [4.69, 9.17) is 0 Å². The minimum absolute atomic E-state index is 0.0237. The van der Waals surface area contributed by atoms with Crippen LogP contribution in [0.25, 0.3) is 0 Å². The number of sulfonamides is 1. The maximum Gasteiger partial charge on any atom is 0.337 e. The average Bonchev–Trinajstić information content (AvgIpc) is 2.49. The van der Waals surface area contributed by atoms with Crippen molar-refractivity contribution in [3.8, 4) is 0 Å². The lowest BCUT2D eigenvalue weighted by atomic mass is 10.1.